The lowest BCUT2D eigenvalue weighted by Crippen LogP contribution is -2.37. The van der Waals surface area contributed by atoms with E-state index in [-0.39, 0.29) is 18.4 Å². The third-order valence-electron chi connectivity index (χ3n) is 6.99. The topological polar surface area (TPSA) is 138 Å². The van der Waals surface area contributed by atoms with Gasteiger partial charge in [-0.1, -0.05) is 25.5 Å². The van der Waals surface area contributed by atoms with E-state index in [2.05, 4.69) is 32.8 Å². The number of piperidine rings is 1. The van der Waals surface area contributed by atoms with Crippen LogP contribution in [0.25, 0.3) is 11.2 Å². The van der Waals surface area contributed by atoms with Crippen LogP contribution in [0.3, 0.4) is 0 Å². The minimum atomic E-state index is -3.50. The summed E-state index contributed by atoms with van der Waals surface area (Å²) in [6, 6.07) is 6.71. The monoisotopic (exact) mass is 575 g/mol. The number of fused-ring (bicyclic) bond motifs is 1. The van der Waals surface area contributed by atoms with E-state index in [0.717, 1.165) is 62.8 Å². The predicted molar refractivity (Wildman–Crippen MR) is 155 cm³/mol. The summed E-state index contributed by atoms with van der Waals surface area (Å²) in [5, 5.41) is 0. The Balaban J connectivity index is 1.50. The van der Waals surface area contributed by atoms with Crippen LogP contribution in [0.4, 0.5) is 11.5 Å². The van der Waals surface area contributed by atoms with E-state index in [1.807, 2.05) is 35.7 Å². The average molecular weight is 576 g/mol. The summed E-state index contributed by atoms with van der Waals surface area (Å²) >= 11 is 0. The van der Waals surface area contributed by atoms with Gasteiger partial charge < -0.3 is 20.1 Å². The second-order valence-electron chi connectivity index (χ2n) is 10.5. The van der Waals surface area contributed by atoms with Crippen molar-refractivity contribution in [3.05, 3.63) is 29.3 Å². The van der Waals surface area contributed by atoms with Gasteiger partial charge in [-0.15, -0.1) is 0 Å². The summed E-state index contributed by atoms with van der Waals surface area (Å²) in [6.07, 6.45) is 5.13. The molecule has 40 heavy (non-hydrogen) atoms. The number of nitrogens with two attached hydrogens (primary N) is 1. The van der Waals surface area contributed by atoms with Crippen molar-refractivity contribution in [1.29, 1.82) is 0 Å². The largest absolute Gasteiger partial charge is 0.468 e. The molecular weight excluding hydrogens is 534 g/mol. The van der Waals surface area contributed by atoms with E-state index in [9.17, 15) is 8.42 Å². The Hall–Kier alpha value is -3.16. The molecule has 3 heterocycles. The molecule has 1 fully saturated rings. The highest BCUT2D eigenvalue weighted by Crippen LogP contribution is 2.30. The summed E-state index contributed by atoms with van der Waals surface area (Å²) in [5.41, 5.74) is 10.4. The molecule has 220 valence electrons. The van der Waals surface area contributed by atoms with Crippen LogP contribution in [0, 0.1) is 5.92 Å². The van der Waals surface area contributed by atoms with E-state index < -0.39 is 10.1 Å². The van der Waals surface area contributed by atoms with E-state index in [1.54, 1.807) is 7.11 Å². The molecule has 0 saturated carbocycles. The van der Waals surface area contributed by atoms with Gasteiger partial charge >= 0.3 is 6.01 Å². The molecule has 0 bridgehead atoms. The minimum absolute atomic E-state index is 0.0197. The summed E-state index contributed by atoms with van der Waals surface area (Å²) in [4.78, 5) is 18.0. The van der Waals surface area contributed by atoms with Gasteiger partial charge in [0.2, 0.25) is 0 Å². The highest BCUT2D eigenvalue weighted by Gasteiger charge is 2.25. The van der Waals surface area contributed by atoms with E-state index >= 15 is 0 Å². The molecule has 1 aliphatic heterocycles. The molecule has 1 aromatic carbocycles. The van der Waals surface area contributed by atoms with Crippen LogP contribution in [0.5, 0.6) is 12.0 Å². The first kappa shape index (κ1) is 29.8. The number of likely N-dealkylation sites (tertiary alicyclic amines) is 1. The first-order valence-electron chi connectivity index (χ1n) is 13.6. The molecule has 0 spiro atoms. The number of hydrogen-bond acceptors (Lipinski definition) is 11. The lowest BCUT2D eigenvalue weighted by Gasteiger charge is -2.34. The summed E-state index contributed by atoms with van der Waals surface area (Å²) in [7, 11) is 2.07. The number of imidazole rings is 1. The van der Waals surface area contributed by atoms with Gasteiger partial charge in [0.05, 0.1) is 26.6 Å². The zero-order valence-corrected chi connectivity index (χ0v) is 24.9. The number of aromatic nitrogens is 4. The van der Waals surface area contributed by atoms with Crippen molar-refractivity contribution in [3.63, 3.8) is 0 Å². The molecule has 4 rings (SSSR count). The number of unbranched alkanes of at least 4 members (excludes halogenated alkanes) is 1. The number of rotatable bonds is 13. The fourth-order valence-electron chi connectivity index (χ4n) is 5.04. The Kier molecular flexibility index (Phi) is 9.69. The van der Waals surface area contributed by atoms with Crippen molar-refractivity contribution in [1.82, 2.24) is 24.4 Å². The number of methoxy groups -OCH3 is 1. The maximum Gasteiger partial charge on any atom is 0.320 e. The fourth-order valence-corrected chi connectivity index (χ4v) is 5.39. The quantitative estimate of drug-likeness (QED) is 0.238. The Labute approximate surface area is 236 Å². The lowest BCUT2D eigenvalue weighted by atomic mass is 9.97. The Bertz CT molecular complexity index is 1410. The van der Waals surface area contributed by atoms with Crippen molar-refractivity contribution in [2.45, 2.75) is 52.3 Å². The molecule has 1 aliphatic rings. The van der Waals surface area contributed by atoms with Gasteiger partial charge in [0, 0.05) is 39.4 Å². The number of nitrogens with zero attached hydrogens (tertiary/aromatic N) is 6. The Morgan fingerprint density at radius 1 is 1.20 bits per heavy atom. The van der Waals surface area contributed by atoms with E-state index in [4.69, 9.17) is 19.4 Å². The number of ether oxygens (including phenoxy) is 2. The van der Waals surface area contributed by atoms with Gasteiger partial charge in [-0.3, -0.25) is 13.7 Å². The smallest absolute Gasteiger partial charge is 0.320 e. The van der Waals surface area contributed by atoms with Gasteiger partial charge in [-0.2, -0.15) is 23.4 Å². The summed E-state index contributed by atoms with van der Waals surface area (Å²) < 4.78 is 41.2. The third-order valence-corrected chi connectivity index (χ3v) is 7.53. The fraction of sp³-hybridized carbons (Fsp3) is 0.593. The van der Waals surface area contributed by atoms with Gasteiger partial charge in [0.15, 0.2) is 17.0 Å². The van der Waals surface area contributed by atoms with Crippen molar-refractivity contribution in [3.8, 4) is 12.0 Å². The first-order chi connectivity index (χ1) is 19.1. The minimum Gasteiger partial charge on any atom is -0.468 e. The van der Waals surface area contributed by atoms with Gasteiger partial charge in [0.25, 0.3) is 16.1 Å². The molecule has 2 aromatic heterocycles. The molecule has 1 atom stereocenters. The number of benzene rings is 1. The van der Waals surface area contributed by atoms with Gasteiger partial charge in [-0.25, -0.2) is 0 Å². The number of nitrogen functional groups attached to an aromatic ring is 1. The zero-order valence-electron chi connectivity index (χ0n) is 24.1. The van der Waals surface area contributed by atoms with Crippen LogP contribution < -0.4 is 20.1 Å². The molecule has 0 radical (unpaired) electrons. The third kappa shape index (κ3) is 7.52. The normalized spacial score (nSPS) is 16.4. The first-order valence-corrected chi connectivity index (χ1v) is 15.5. The SMILES string of the molecule is CCCCOc1nc(N)c2nc(OC)n(CC3CCCN(Cc4ccc(COS(C)(=O)=O)cc4N(C)C)C3)c2n1. The Morgan fingerprint density at radius 2 is 2.00 bits per heavy atom. The number of anilines is 2. The van der Waals surface area contributed by atoms with Crippen LogP contribution >= 0.6 is 0 Å². The van der Waals surface area contributed by atoms with Crippen LogP contribution in [0.1, 0.15) is 43.7 Å². The van der Waals surface area contributed by atoms with Crippen LogP contribution in [0.2, 0.25) is 0 Å². The highest BCUT2D eigenvalue weighted by atomic mass is 32.2. The Morgan fingerprint density at radius 3 is 2.70 bits per heavy atom. The summed E-state index contributed by atoms with van der Waals surface area (Å²) in [5.74, 6) is 0.631. The molecule has 13 heteroatoms. The molecule has 0 amide bonds. The molecule has 0 aliphatic carbocycles. The number of hydrogen-bond donors (Lipinski definition) is 1. The predicted octanol–water partition coefficient (Wildman–Crippen LogP) is 3.05. The van der Waals surface area contributed by atoms with Crippen molar-refractivity contribution in [2.24, 2.45) is 5.92 Å². The molecule has 2 N–H and O–H groups in total. The van der Waals surface area contributed by atoms with Crippen molar-refractivity contribution < 1.29 is 22.1 Å². The lowest BCUT2D eigenvalue weighted by molar-refractivity contribution is 0.154. The standard InChI is InChI=1S/C27H41N7O5S/c1-6-7-13-38-26-30-24(28)23-25(31-26)34(27(29-23)37-4)16-20-9-8-12-33(15-20)17-21-11-10-19(14-22(21)32(2)3)18-39-40(5,35)36/h10-11,14,20H,6-9,12-13,15-18H2,1-5H3,(H2,28,30,31). The molecule has 12 nitrogen and oxygen atoms in total. The van der Waals surface area contributed by atoms with Crippen LogP contribution in [0.15, 0.2) is 18.2 Å². The van der Waals surface area contributed by atoms with Crippen LogP contribution in [-0.2, 0) is 34.0 Å². The van der Waals surface area contributed by atoms with E-state index in [0.29, 0.717) is 36.2 Å². The molecule has 1 unspecified atom stereocenters. The van der Waals surface area contributed by atoms with Gasteiger partial charge in [-0.05, 0) is 48.9 Å². The molecule has 1 saturated heterocycles. The van der Waals surface area contributed by atoms with E-state index in [1.165, 1.54) is 5.56 Å². The van der Waals surface area contributed by atoms with Crippen LogP contribution in [-0.4, -0.2) is 80.0 Å². The maximum absolute atomic E-state index is 11.4. The molecular formula is C27H41N7O5S. The second-order valence-corrected chi connectivity index (χ2v) is 12.2. The molecule has 3 aromatic rings. The highest BCUT2D eigenvalue weighted by molar-refractivity contribution is 7.85. The average Bonchev–Trinajstić information content (AvgIpc) is 3.25. The van der Waals surface area contributed by atoms with Gasteiger partial charge in [0.1, 0.15) is 0 Å². The van der Waals surface area contributed by atoms with Crippen molar-refractivity contribution in [2.75, 3.05) is 57.8 Å². The second kappa shape index (κ2) is 13.0. The van der Waals surface area contributed by atoms with Crippen molar-refractivity contribution >= 4 is 32.8 Å². The summed E-state index contributed by atoms with van der Waals surface area (Å²) in [6.45, 7) is 6.01. The zero-order chi connectivity index (χ0) is 28.9. The maximum atomic E-state index is 11.4.